The summed E-state index contributed by atoms with van der Waals surface area (Å²) in [6, 6.07) is 10.2. The number of halogens is 2. The lowest BCUT2D eigenvalue weighted by Crippen LogP contribution is -2.46. The molecule has 2 fully saturated rings. The summed E-state index contributed by atoms with van der Waals surface area (Å²) in [6.07, 6.45) is 3.23. The first-order chi connectivity index (χ1) is 13.9. The van der Waals surface area contributed by atoms with Crippen molar-refractivity contribution < 1.29 is 23.0 Å². The van der Waals surface area contributed by atoms with E-state index < -0.39 is 17.4 Å². The highest BCUT2D eigenvalue weighted by Crippen LogP contribution is 2.37. The molecule has 0 aromatic heterocycles. The second kappa shape index (κ2) is 8.08. The molecule has 2 aliphatic rings. The summed E-state index contributed by atoms with van der Waals surface area (Å²) in [5, 5.41) is 2.88. The zero-order valence-corrected chi connectivity index (χ0v) is 16.3. The quantitative estimate of drug-likeness (QED) is 0.804. The Morgan fingerprint density at radius 3 is 2.17 bits per heavy atom. The van der Waals surface area contributed by atoms with E-state index in [4.69, 9.17) is 9.47 Å². The maximum atomic E-state index is 13.4. The molecular weight excluding hydrogens is 378 g/mol. The average Bonchev–Trinajstić information content (AvgIpc) is 3.16. The third-order valence-electron chi connectivity index (χ3n) is 5.73. The smallest absolute Gasteiger partial charge is 0.321 e. The van der Waals surface area contributed by atoms with Gasteiger partial charge in [-0.25, -0.2) is 13.6 Å². The van der Waals surface area contributed by atoms with Crippen LogP contribution in [0.15, 0.2) is 42.5 Å². The van der Waals surface area contributed by atoms with Gasteiger partial charge in [-0.3, -0.25) is 0 Å². The number of rotatable bonds is 3. The minimum absolute atomic E-state index is 0.128. The number of amides is 2. The lowest BCUT2D eigenvalue weighted by Gasteiger charge is -2.38. The lowest BCUT2D eigenvalue weighted by atomic mass is 9.89. The predicted octanol–water partition coefficient (Wildman–Crippen LogP) is 4.78. The van der Waals surface area contributed by atoms with Gasteiger partial charge < -0.3 is 19.7 Å². The number of nitrogens with one attached hydrogen (secondary N) is 1. The van der Waals surface area contributed by atoms with E-state index in [-0.39, 0.29) is 12.1 Å². The summed E-state index contributed by atoms with van der Waals surface area (Å²) in [7, 11) is 1.79. The van der Waals surface area contributed by atoms with Crippen molar-refractivity contribution in [1.29, 1.82) is 0 Å². The standard InChI is InChI=1S/C22H24F2N2O3/c1-26(20-6-8-22(9-7-20)28-10-11-29-22)21(27)25-19-4-2-15(3-5-19)16-12-17(23)14-18(24)13-16/h2-5,12-14,20H,6-11H2,1H3,(H,25,27). The van der Waals surface area contributed by atoms with E-state index in [1.165, 1.54) is 12.1 Å². The topological polar surface area (TPSA) is 50.8 Å². The molecule has 5 nitrogen and oxygen atoms in total. The van der Waals surface area contributed by atoms with Gasteiger partial charge in [-0.15, -0.1) is 0 Å². The molecule has 1 aliphatic heterocycles. The van der Waals surface area contributed by atoms with Crippen molar-refractivity contribution in [3.05, 3.63) is 54.1 Å². The highest BCUT2D eigenvalue weighted by atomic mass is 19.1. The number of carbonyl (C=O) groups excluding carboxylic acids is 1. The summed E-state index contributed by atoms with van der Waals surface area (Å²) < 4.78 is 38.3. The van der Waals surface area contributed by atoms with Gasteiger partial charge in [0.1, 0.15) is 11.6 Å². The minimum atomic E-state index is -0.623. The minimum Gasteiger partial charge on any atom is -0.348 e. The Morgan fingerprint density at radius 2 is 1.59 bits per heavy atom. The second-order valence-corrected chi connectivity index (χ2v) is 7.62. The SMILES string of the molecule is CN(C(=O)Nc1ccc(-c2cc(F)cc(F)c2)cc1)C1CCC2(CC1)OCCO2. The fourth-order valence-electron chi connectivity index (χ4n) is 4.06. The molecule has 1 saturated carbocycles. The number of benzene rings is 2. The molecule has 7 heteroatoms. The van der Waals surface area contributed by atoms with Gasteiger partial charge in [-0.2, -0.15) is 0 Å². The van der Waals surface area contributed by atoms with Gasteiger partial charge in [-0.05, 0) is 48.2 Å². The first-order valence-corrected chi connectivity index (χ1v) is 9.82. The maximum Gasteiger partial charge on any atom is 0.321 e. The first kappa shape index (κ1) is 19.8. The van der Waals surface area contributed by atoms with Crippen molar-refractivity contribution in [3.8, 4) is 11.1 Å². The maximum absolute atomic E-state index is 13.4. The fourth-order valence-corrected chi connectivity index (χ4v) is 4.06. The largest absolute Gasteiger partial charge is 0.348 e. The van der Waals surface area contributed by atoms with Crippen molar-refractivity contribution in [2.45, 2.75) is 37.5 Å². The molecule has 1 heterocycles. The van der Waals surface area contributed by atoms with E-state index in [1.807, 2.05) is 0 Å². The Labute approximate surface area is 168 Å². The molecule has 1 saturated heterocycles. The third-order valence-corrected chi connectivity index (χ3v) is 5.73. The summed E-state index contributed by atoms with van der Waals surface area (Å²) in [6.45, 7) is 1.28. The number of anilines is 1. The van der Waals surface area contributed by atoms with E-state index in [0.717, 1.165) is 31.7 Å². The summed E-state index contributed by atoms with van der Waals surface area (Å²) >= 11 is 0. The molecule has 29 heavy (non-hydrogen) atoms. The Balaban J connectivity index is 1.35. The van der Waals surface area contributed by atoms with Crippen LogP contribution in [0.1, 0.15) is 25.7 Å². The molecule has 1 N–H and O–H groups in total. The summed E-state index contributed by atoms with van der Waals surface area (Å²) in [4.78, 5) is 14.3. The van der Waals surface area contributed by atoms with E-state index in [1.54, 1.807) is 36.2 Å². The normalized spacial score (nSPS) is 18.7. The fraction of sp³-hybridized carbons (Fsp3) is 0.409. The Bertz CT molecular complexity index is 852. The Morgan fingerprint density at radius 1 is 1.00 bits per heavy atom. The van der Waals surface area contributed by atoms with Crippen molar-refractivity contribution in [2.75, 3.05) is 25.6 Å². The van der Waals surface area contributed by atoms with Gasteiger partial charge in [0.25, 0.3) is 0 Å². The van der Waals surface area contributed by atoms with Crippen molar-refractivity contribution in [3.63, 3.8) is 0 Å². The van der Waals surface area contributed by atoms with Crippen LogP contribution in [0, 0.1) is 11.6 Å². The number of nitrogens with zero attached hydrogens (tertiary/aromatic N) is 1. The molecule has 0 atom stereocenters. The molecule has 2 aromatic carbocycles. The molecule has 2 amide bonds. The molecule has 0 bridgehead atoms. The van der Waals surface area contributed by atoms with Crippen LogP contribution in [0.25, 0.3) is 11.1 Å². The number of hydrogen-bond donors (Lipinski definition) is 1. The zero-order chi connectivity index (χ0) is 20.4. The number of hydrogen-bond acceptors (Lipinski definition) is 3. The van der Waals surface area contributed by atoms with Crippen LogP contribution in [-0.2, 0) is 9.47 Å². The Kier molecular flexibility index (Phi) is 5.52. The highest BCUT2D eigenvalue weighted by molar-refractivity contribution is 5.89. The van der Waals surface area contributed by atoms with Crippen LogP contribution in [-0.4, -0.2) is 43.0 Å². The summed E-state index contributed by atoms with van der Waals surface area (Å²) in [5.74, 6) is -1.69. The van der Waals surface area contributed by atoms with Gasteiger partial charge in [0.05, 0.1) is 13.2 Å². The van der Waals surface area contributed by atoms with Crippen LogP contribution >= 0.6 is 0 Å². The van der Waals surface area contributed by atoms with E-state index in [9.17, 15) is 13.6 Å². The van der Waals surface area contributed by atoms with Gasteiger partial charge in [0, 0.05) is 37.7 Å². The average molecular weight is 402 g/mol. The van der Waals surface area contributed by atoms with E-state index in [2.05, 4.69) is 5.32 Å². The second-order valence-electron chi connectivity index (χ2n) is 7.62. The molecular formula is C22H24F2N2O3. The van der Waals surface area contributed by atoms with Crippen LogP contribution in [0.3, 0.4) is 0 Å². The van der Waals surface area contributed by atoms with Crippen LogP contribution in [0.4, 0.5) is 19.3 Å². The van der Waals surface area contributed by atoms with Crippen molar-refractivity contribution >= 4 is 11.7 Å². The van der Waals surface area contributed by atoms with Crippen LogP contribution in [0.5, 0.6) is 0 Å². The molecule has 2 aromatic rings. The summed E-state index contributed by atoms with van der Waals surface area (Å²) in [5.41, 5.74) is 1.74. The lowest BCUT2D eigenvalue weighted by molar-refractivity contribution is -0.182. The molecule has 0 radical (unpaired) electrons. The van der Waals surface area contributed by atoms with Gasteiger partial charge >= 0.3 is 6.03 Å². The van der Waals surface area contributed by atoms with Gasteiger partial charge in [0.2, 0.25) is 0 Å². The number of urea groups is 1. The molecule has 1 spiro atoms. The van der Waals surface area contributed by atoms with E-state index >= 15 is 0 Å². The monoisotopic (exact) mass is 402 g/mol. The van der Waals surface area contributed by atoms with Gasteiger partial charge in [-0.1, -0.05) is 12.1 Å². The third kappa shape index (κ3) is 4.41. The first-order valence-electron chi connectivity index (χ1n) is 9.82. The zero-order valence-electron chi connectivity index (χ0n) is 16.3. The van der Waals surface area contributed by atoms with Crippen LogP contribution in [0.2, 0.25) is 0 Å². The van der Waals surface area contributed by atoms with Crippen molar-refractivity contribution in [1.82, 2.24) is 4.90 Å². The van der Waals surface area contributed by atoms with Crippen molar-refractivity contribution in [2.24, 2.45) is 0 Å². The van der Waals surface area contributed by atoms with Crippen LogP contribution < -0.4 is 5.32 Å². The van der Waals surface area contributed by atoms with Gasteiger partial charge in [0.15, 0.2) is 5.79 Å². The van der Waals surface area contributed by atoms with E-state index in [0.29, 0.717) is 30.0 Å². The number of carbonyl (C=O) groups is 1. The number of ether oxygens (including phenoxy) is 2. The molecule has 154 valence electrons. The predicted molar refractivity (Wildman–Crippen MR) is 105 cm³/mol. The highest BCUT2D eigenvalue weighted by Gasteiger charge is 2.41. The Hall–Kier alpha value is -2.51. The molecule has 1 aliphatic carbocycles. The molecule has 4 rings (SSSR count). The molecule has 0 unspecified atom stereocenters.